The predicted molar refractivity (Wildman–Crippen MR) is 92.5 cm³/mol. The van der Waals surface area contributed by atoms with Crippen LogP contribution in [0.3, 0.4) is 0 Å². The van der Waals surface area contributed by atoms with Gasteiger partial charge in [0.1, 0.15) is 11.6 Å². The third-order valence-corrected chi connectivity index (χ3v) is 3.79. The lowest BCUT2D eigenvalue weighted by atomic mass is 10.2. The van der Waals surface area contributed by atoms with E-state index in [1.54, 1.807) is 12.1 Å². The molecule has 140 valence electrons. The van der Waals surface area contributed by atoms with Gasteiger partial charge in [-0.1, -0.05) is 11.6 Å². The van der Waals surface area contributed by atoms with E-state index in [-0.39, 0.29) is 16.4 Å². The van der Waals surface area contributed by atoms with E-state index in [0.717, 1.165) is 18.2 Å². The minimum atomic E-state index is -4.55. The molecule has 27 heavy (non-hydrogen) atoms. The van der Waals surface area contributed by atoms with Crippen molar-refractivity contribution in [3.63, 3.8) is 0 Å². The number of hydrogen-bond donors (Lipinski definition) is 2. The first-order valence-corrected chi connectivity index (χ1v) is 7.99. The lowest BCUT2D eigenvalue weighted by molar-refractivity contribution is -0.137. The predicted octanol–water partition coefficient (Wildman–Crippen LogP) is 4.61. The summed E-state index contributed by atoms with van der Waals surface area (Å²) >= 11 is 5.86. The molecule has 3 aromatic rings. The molecule has 0 aliphatic heterocycles. The van der Waals surface area contributed by atoms with Gasteiger partial charge in [0.2, 0.25) is 0 Å². The van der Waals surface area contributed by atoms with Crippen molar-refractivity contribution >= 4 is 29.0 Å². The number of nitrogens with zero attached hydrogens (tertiary/aromatic N) is 2. The Labute approximate surface area is 156 Å². The summed E-state index contributed by atoms with van der Waals surface area (Å²) in [6.45, 7) is 0.382. The number of furan rings is 1. The average Bonchev–Trinajstić information content (AvgIpc) is 3.15. The summed E-state index contributed by atoms with van der Waals surface area (Å²) in [4.78, 5) is 12.2. The Morgan fingerprint density at radius 2 is 1.96 bits per heavy atom. The molecule has 0 bridgehead atoms. The van der Waals surface area contributed by atoms with Crippen molar-refractivity contribution in [2.24, 2.45) is 0 Å². The zero-order valence-electron chi connectivity index (χ0n) is 13.5. The molecular weight excluding hydrogens is 385 g/mol. The molecule has 3 rings (SSSR count). The van der Waals surface area contributed by atoms with Crippen LogP contribution in [0.1, 0.15) is 21.8 Å². The maximum atomic E-state index is 12.8. The van der Waals surface area contributed by atoms with Gasteiger partial charge in [0.05, 0.1) is 29.1 Å². The minimum absolute atomic E-state index is 0.0268. The molecule has 6 nitrogen and oxygen atoms in total. The van der Waals surface area contributed by atoms with E-state index < -0.39 is 17.6 Å². The van der Waals surface area contributed by atoms with E-state index >= 15 is 0 Å². The largest absolute Gasteiger partial charge is 0.467 e. The summed E-state index contributed by atoms with van der Waals surface area (Å²) in [7, 11) is 0. The number of nitrogens with one attached hydrogen (secondary N) is 2. The average molecular weight is 397 g/mol. The minimum Gasteiger partial charge on any atom is -0.467 e. The van der Waals surface area contributed by atoms with Crippen molar-refractivity contribution in [3.8, 4) is 0 Å². The highest BCUT2D eigenvalue weighted by atomic mass is 35.5. The van der Waals surface area contributed by atoms with Gasteiger partial charge in [0.15, 0.2) is 5.69 Å². The van der Waals surface area contributed by atoms with Gasteiger partial charge in [-0.05, 0) is 42.5 Å². The summed E-state index contributed by atoms with van der Waals surface area (Å²) in [5.41, 5.74) is -1.17. The van der Waals surface area contributed by atoms with E-state index in [9.17, 15) is 18.0 Å². The number of carbonyl (C=O) groups is 1. The van der Waals surface area contributed by atoms with Crippen molar-refractivity contribution in [2.75, 3.05) is 10.6 Å². The molecule has 0 spiro atoms. The molecule has 1 aromatic carbocycles. The molecule has 2 heterocycles. The first-order chi connectivity index (χ1) is 12.8. The number of amides is 1. The van der Waals surface area contributed by atoms with Crippen LogP contribution >= 0.6 is 11.6 Å². The molecule has 2 N–H and O–H groups in total. The van der Waals surface area contributed by atoms with Crippen LogP contribution in [0, 0.1) is 0 Å². The van der Waals surface area contributed by atoms with Crippen LogP contribution in [0.25, 0.3) is 0 Å². The fourth-order valence-electron chi connectivity index (χ4n) is 2.12. The third kappa shape index (κ3) is 4.76. The summed E-state index contributed by atoms with van der Waals surface area (Å²) < 4.78 is 43.5. The molecule has 0 unspecified atom stereocenters. The molecular formula is C17H12ClF3N4O2. The zero-order chi connectivity index (χ0) is 19.4. The van der Waals surface area contributed by atoms with E-state index in [1.165, 1.54) is 18.4 Å². The van der Waals surface area contributed by atoms with Crippen LogP contribution in [0.2, 0.25) is 5.02 Å². The standard InChI is InChI=1S/C17H12ClF3N4O2/c18-12-4-3-10(17(19,20)21)8-14(12)23-16(26)13-5-6-15(25-24-13)22-9-11-2-1-7-27-11/h1-8H,9H2,(H,22,25)(H,23,26). The van der Waals surface area contributed by atoms with Gasteiger partial charge in [0.25, 0.3) is 5.91 Å². The van der Waals surface area contributed by atoms with Gasteiger partial charge < -0.3 is 15.1 Å². The summed E-state index contributed by atoms with van der Waals surface area (Å²) in [5, 5.41) is 12.8. The van der Waals surface area contributed by atoms with Gasteiger partial charge in [0, 0.05) is 0 Å². The monoisotopic (exact) mass is 396 g/mol. The molecule has 10 heteroatoms. The molecule has 2 aromatic heterocycles. The molecule has 0 atom stereocenters. The zero-order valence-corrected chi connectivity index (χ0v) is 14.3. The van der Waals surface area contributed by atoms with Crippen molar-refractivity contribution in [1.29, 1.82) is 0 Å². The molecule has 0 aliphatic rings. The quantitative estimate of drug-likeness (QED) is 0.658. The number of rotatable bonds is 5. The van der Waals surface area contributed by atoms with Gasteiger partial charge in [-0.15, -0.1) is 10.2 Å². The maximum absolute atomic E-state index is 12.8. The smallest absolute Gasteiger partial charge is 0.416 e. The van der Waals surface area contributed by atoms with Gasteiger partial charge in [-0.2, -0.15) is 13.2 Å². The Morgan fingerprint density at radius 3 is 2.59 bits per heavy atom. The van der Waals surface area contributed by atoms with Crippen LogP contribution in [0.15, 0.2) is 53.1 Å². The lowest BCUT2D eigenvalue weighted by Crippen LogP contribution is -2.16. The number of anilines is 2. The van der Waals surface area contributed by atoms with Crippen LogP contribution in [-0.4, -0.2) is 16.1 Å². The summed E-state index contributed by atoms with van der Waals surface area (Å²) in [6, 6.07) is 9.07. The second-order valence-electron chi connectivity index (χ2n) is 5.38. The Bertz CT molecular complexity index is 928. The SMILES string of the molecule is O=C(Nc1cc(C(F)(F)F)ccc1Cl)c1ccc(NCc2ccco2)nn1. The first kappa shape index (κ1) is 18.7. The maximum Gasteiger partial charge on any atom is 0.416 e. The summed E-state index contributed by atoms with van der Waals surface area (Å²) in [6.07, 6.45) is -3.01. The highest BCUT2D eigenvalue weighted by Gasteiger charge is 2.31. The highest BCUT2D eigenvalue weighted by molar-refractivity contribution is 6.33. The number of halogens is 4. The van der Waals surface area contributed by atoms with Crippen molar-refractivity contribution in [2.45, 2.75) is 12.7 Å². The second-order valence-corrected chi connectivity index (χ2v) is 5.79. The molecule has 0 saturated heterocycles. The van der Waals surface area contributed by atoms with E-state index in [4.69, 9.17) is 16.0 Å². The third-order valence-electron chi connectivity index (χ3n) is 3.46. The van der Waals surface area contributed by atoms with Gasteiger partial charge in [-0.25, -0.2) is 0 Å². The Kier molecular flexibility index (Phi) is 5.31. The molecule has 0 aliphatic carbocycles. The van der Waals surface area contributed by atoms with E-state index in [1.807, 2.05) is 0 Å². The number of aromatic nitrogens is 2. The molecule has 0 fully saturated rings. The van der Waals surface area contributed by atoms with Crippen LogP contribution in [-0.2, 0) is 12.7 Å². The van der Waals surface area contributed by atoms with Gasteiger partial charge >= 0.3 is 6.18 Å². The fraction of sp³-hybridized carbons (Fsp3) is 0.118. The number of alkyl halides is 3. The topological polar surface area (TPSA) is 80.0 Å². The molecule has 1 amide bonds. The highest BCUT2D eigenvalue weighted by Crippen LogP contribution is 2.33. The second kappa shape index (κ2) is 7.67. The van der Waals surface area contributed by atoms with Gasteiger partial charge in [-0.3, -0.25) is 4.79 Å². The lowest BCUT2D eigenvalue weighted by Gasteiger charge is -2.11. The van der Waals surface area contributed by atoms with E-state index in [2.05, 4.69) is 20.8 Å². The Morgan fingerprint density at radius 1 is 1.15 bits per heavy atom. The van der Waals surface area contributed by atoms with Crippen LogP contribution in [0.4, 0.5) is 24.7 Å². The summed E-state index contributed by atoms with van der Waals surface area (Å²) in [5.74, 6) is 0.360. The van der Waals surface area contributed by atoms with Crippen molar-refractivity contribution in [3.05, 3.63) is 70.8 Å². The number of benzene rings is 1. The Balaban J connectivity index is 1.67. The number of hydrogen-bond acceptors (Lipinski definition) is 5. The first-order valence-electron chi connectivity index (χ1n) is 7.61. The molecule has 0 radical (unpaired) electrons. The fourth-order valence-corrected chi connectivity index (χ4v) is 2.29. The van der Waals surface area contributed by atoms with E-state index in [0.29, 0.717) is 18.1 Å². The van der Waals surface area contributed by atoms with Crippen LogP contribution < -0.4 is 10.6 Å². The molecule has 0 saturated carbocycles. The Hall–Kier alpha value is -3.07. The van der Waals surface area contributed by atoms with Crippen LogP contribution in [0.5, 0.6) is 0 Å². The van der Waals surface area contributed by atoms with Crippen molar-refractivity contribution in [1.82, 2.24) is 10.2 Å². The normalized spacial score (nSPS) is 11.3. The number of carbonyl (C=O) groups excluding carboxylic acids is 1. The van der Waals surface area contributed by atoms with Crippen molar-refractivity contribution < 1.29 is 22.4 Å².